The first-order chi connectivity index (χ1) is 10.1. The van der Waals surface area contributed by atoms with Crippen molar-refractivity contribution in [2.75, 3.05) is 46.9 Å². The Balaban J connectivity index is 1.92. The van der Waals surface area contributed by atoms with E-state index in [0.29, 0.717) is 37.5 Å². The van der Waals surface area contributed by atoms with Crippen LogP contribution in [0.15, 0.2) is 24.3 Å². The molecule has 2 rings (SSSR count). The van der Waals surface area contributed by atoms with Crippen LogP contribution in [-0.2, 0) is 9.53 Å². The third-order valence-corrected chi connectivity index (χ3v) is 3.56. The summed E-state index contributed by atoms with van der Waals surface area (Å²) in [5.41, 5.74) is 0.621. The Morgan fingerprint density at radius 3 is 2.48 bits per heavy atom. The molecule has 0 saturated carbocycles. The summed E-state index contributed by atoms with van der Waals surface area (Å²) in [6.07, 6.45) is 0. The van der Waals surface area contributed by atoms with E-state index in [1.807, 2.05) is 11.0 Å². The number of piperazine rings is 1. The van der Waals surface area contributed by atoms with Crippen molar-refractivity contribution in [3.05, 3.63) is 29.8 Å². The highest BCUT2D eigenvalue weighted by molar-refractivity contribution is 5.94. The Labute approximate surface area is 124 Å². The predicted molar refractivity (Wildman–Crippen MR) is 77.4 cm³/mol. The van der Waals surface area contributed by atoms with Crippen LogP contribution < -0.4 is 4.74 Å². The first-order valence-corrected chi connectivity index (χ1v) is 6.86. The second-order valence-corrected chi connectivity index (χ2v) is 4.88. The molecule has 0 bridgehead atoms. The lowest BCUT2D eigenvalue weighted by atomic mass is 10.1. The molecule has 1 aromatic carbocycles. The lowest BCUT2D eigenvalue weighted by Crippen LogP contribution is -2.50. The van der Waals surface area contributed by atoms with Crippen molar-refractivity contribution in [1.82, 2.24) is 9.80 Å². The van der Waals surface area contributed by atoms with Gasteiger partial charge in [0.25, 0.3) is 5.91 Å². The molecule has 1 aromatic rings. The maximum atomic E-state index is 12.4. The van der Waals surface area contributed by atoms with Crippen molar-refractivity contribution in [3.63, 3.8) is 0 Å². The highest BCUT2D eigenvalue weighted by atomic mass is 16.5. The van der Waals surface area contributed by atoms with E-state index >= 15 is 0 Å². The molecule has 1 aliphatic rings. The fourth-order valence-electron chi connectivity index (χ4n) is 2.29. The first kappa shape index (κ1) is 15.3. The fraction of sp³-hybridized carbons (Fsp3) is 0.467. The highest BCUT2D eigenvalue weighted by Crippen LogP contribution is 2.15. The Morgan fingerprint density at radius 1 is 1.14 bits per heavy atom. The molecular formula is C15H20N2O4. The minimum atomic E-state index is -0.248. The molecule has 6 nitrogen and oxygen atoms in total. The zero-order valence-corrected chi connectivity index (χ0v) is 12.4. The van der Waals surface area contributed by atoms with Gasteiger partial charge in [-0.05, 0) is 18.2 Å². The number of nitrogens with zero attached hydrogens (tertiary/aromatic N) is 2. The van der Waals surface area contributed by atoms with Crippen molar-refractivity contribution < 1.29 is 19.1 Å². The van der Waals surface area contributed by atoms with Crippen LogP contribution in [0.2, 0.25) is 0 Å². The summed E-state index contributed by atoms with van der Waals surface area (Å²) in [6.45, 7) is 2.83. The Hall–Kier alpha value is -2.08. The molecule has 114 valence electrons. The molecule has 1 saturated heterocycles. The van der Waals surface area contributed by atoms with Crippen LogP contribution in [0, 0.1) is 0 Å². The quantitative estimate of drug-likeness (QED) is 0.762. The van der Waals surface area contributed by atoms with E-state index < -0.39 is 0 Å². The van der Waals surface area contributed by atoms with Gasteiger partial charge in [0, 0.05) is 31.7 Å². The molecule has 1 amide bonds. The summed E-state index contributed by atoms with van der Waals surface area (Å²) in [5.74, 6) is 0.416. The Kier molecular flexibility index (Phi) is 5.16. The van der Waals surface area contributed by atoms with E-state index in [9.17, 15) is 9.59 Å². The zero-order chi connectivity index (χ0) is 15.2. The van der Waals surface area contributed by atoms with Crippen LogP contribution in [0.3, 0.4) is 0 Å². The number of benzene rings is 1. The molecule has 0 atom stereocenters. The predicted octanol–water partition coefficient (Wildman–Crippen LogP) is 0.626. The van der Waals surface area contributed by atoms with Gasteiger partial charge in [0.15, 0.2) is 0 Å². The molecule has 6 heteroatoms. The number of hydrogen-bond acceptors (Lipinski definition) is 5. The van der Waals surface area contributed by atoms with E-state index in [-0.39, 0.29) is 18.4 Å². The van der Waals surface area contributed by atoms with Crippen molar-refractivity contribution in [3.8, 4) is 5.75 Å². The first-order valence-electron chi connectivity index (χ1n) is 6.86. The summed E-state index contributed by atoms with van der Waals surface area (Å²) in [7, 11) is 2.96. The van der Waals surface area contributed by atoms with E-state index in [4.69, 9.17) is 4.74 Å². The molecule has 0 spiro atoms. The van der Waals surface area contributed by atoms with Gasteiger partial charge in [-0.25, -0.2) is 0 Å². The van der Waals surface area contributed by atoms with Crippen LogP contribution in [-0.4, -0.2) is 68.6 Å². The maximum Gasteiger partial charge on any atom is 0.319 e. The summed E-state index contributed by atoms with van der Waals surface area (Å²) in [4.78, 5) is 27.4. The Bertz CT molecular complexity index is 510. The highest BCUT2D eigenvalue weighted by Gasteiger charge is 2.23. The van der Waals surface area contributed by atoms with Gasteiger partial charge in [-0.1, -0.05) is 6.07 Å². The van der Waals surface area contributed by atoms with Crippen molar-refractivity contribution in [1.29, 1.82) is 0 Å². The van der Waals surface area contributed by atoms with Crippen molar-refractivity contribution >= 4 is 11.9 Å². The number of carbonyl (C=O) groups excluding carboxylic acids is 2. The number of ether oxygens (including phenoxy) is 2. The van der Waals surface area contributed by atoms with Gasteiger partial charge in [0.2, 0.25) is 0 Å². The second kappa shape index (κ2) is 7.08. The SMILES string of the molecule is COC(=O)CN1CCN(C(=O)c2cccc(OC)c2)CC1. The smallest absolute Gasteiger partial charge is 0.319 e. The summed E-state index contributed by atoms with van der Waals surface area (Å²) in [5, 5.41) is 0. The van der Waals surface area contributed by atoms with Crippen LogP contribution in [0.25, 0.3) is 0 Å². The molecule has 0 aromatic heterocycles. The molecular weight excluding hydrogens is 272 g/mol. The number of esters is 1. The van der Waals surface area contributed by atoms with Crippen LogP contribution >= 0.6 is 0 Å². The number of methoxy groups -OCH3 is 2. The lowest BCUT2D eigenvalue weighted by Gasteiger charge is -2.34. The van der Waals surface area contributed by atoms with Gasteiger partial charge < -0.3 is 14.4 Å². The molecule has 1 aliphatic heterocycles. The van der Waals surface area contributed by atoms with Gasteiger partial charge in [0.1, 0.15) is 5.75 Å². The monoisotopic (exact) mass is 292 g/mol. The molecule has 1 fully saturated rings. The number of rotatable bonds is 4. The van der Waals surface area contributed by atoms with Gasteiger partial charge in [-0.2, -0.15) is 0 Å². The Morgan fingerprint density at radius 2 is 1.86 bits per heavy atom. The van der Waals surface area contributed by atoms with Gasteiger partial charge >= 0.3 is 5.97 Å². The second-order valence-electron chi connectivity index (χ2n) is 4.88. The molecule has 1 heterocycles. The topological polar surface area (TPSA) is 59.1 Å². The lowest BCUT2D eigenvalue weighted by molar-refractivity contribution is -0.142. The van der Waals surface area contributed by atoms with Crippen LogP contribution in [0.4, 0.5) is 0 Å². The zero-order valence-electron chi connectivity index (χ0n) is 12.4. The van der Waals surface area contributed by atoms with E-state index in [0.717, 1.165) is 0 Å². The number of amides is 1. The van der Waals surface area contributed by atoms with E-state index in [1.54, 1.807) is 30.2 Å². The molecule has 0 aliphatic carbocycles. The van der Waals surface area contributed by atoms with Gasteiger partial charge in [-0.3, -0.25) is 14.5 Å². The van der Waals surface area contributed by atoms with Gasteiger partial charge in [-0.15, -0.1) is 0 Å². The summed E-state index contributed by atoms with van der Waals surface area (Å²) < 4.78 is 9.78. The molecule has 0 N–H and O–H groups in total. The largest absolute Gasteiger partial charge is 0.497 e. The standard InChI is InChI=1S/C15H20N2O4/c1-20-13-5-3-4-12(10-13)15(19)17-8-6-16(7-9-17)11-14(18)21-2/h3-5,10H,6-9,11H2,1-2H3. The minimum absolute atomic E-state index is 0.00776. The fourth-order valence-corrected chi connectivity index (χ4v) is 2.29. The minimum Gasteiger partial charge on any atom is -0.497 e. The van der Waals surface area contributed by atoms with Crippen LogP contribution in [0.5, 0.6) is 5.75 Å². The summed E-state index contributed by atoms with van der Waals surface area (Å²) >= 11 is 0. The maximum absolute atomic E-state index is 12.4. The normalized spacial score (nSPS) is 15.6. The number of hydrogen-bond donors (Lipinski definition) is 0. The molecule has 21 heavy (non-hydrogen) atoms. The average Bonchev–Trinajstić information content (AvgIpc) is 2.54. The average molecular weight is 292 g/mol. The van der Waals surface area contributed by atoms with Crippen LogP contribution in [0.1, 0.15) is 10.4 Å². The summed E-state index contributed by atoms with van der Waals surface area (Å²) in [6, 6.07) is 7.14. The van der Waals surface area contributed by atoms with Crippen molar-refractivity contribution in [2.45, 2.75) is 0 Å². The number of carbonyl (C=O) groups is 2. The van der Waals surface area contributed by atoms with Gasteiger partial charge in [0.05, 0.1) is 20.8 Å². The third kappa shape index (κ3) is 3.95. The third-order valence-electron chi connectivity index (χ3n) is 3.56. The van der Waals surface area contributed by atoms with Crippen molar-refractivity contribution in [2.24, 2.45) is 0 Å². The van der Waals surface area contributed by atoms with E-state index in [1.165, 1.54) is 7.11 Å². The molecule has 0 radical (unpaired) electrons. The van der Waals surface area contributed by atoms with E-state index in [2.05, 4.69) is 4.74 Å². The molecule has 0 unspecified atom stereocenters.